The molecule has 1 amide bonds. The molecule has 1 fully saturated rings. The van der Waals surface area contributed by atoms with Crippen LogP contribution in [0.4, 0.5) is 0 Å². The van der Waals surface area contributed by atoms with Crippen molar-refractivity contribution in [2.24, 2.45) is 0 Å². The first-order chi connectivity index (χ1) is 12.7. The zero-order valence-corrected chi connectivity index (χ0v) is 15.6. The Hall–Kier alpha value is -2.40. The van der Waals surface area contributed by atoms with Crippen molar-refractivity contribution in [2.75, 3.05) is 27.2 Å². The van der Waals surface area contributed by atoms with E-state index in [2.05, 4.69) is 23.0 Å². The van der Waals surface area contributed by atoms with Gasteiger partial charge in [0.05, 0.1) is 12.8 Å². The van der Waals surface area contributed by atoms with E-state index in [1.54, 1.807) is 7.11 Å². The van der Waals surface area contributed by atoms with Crippen molar-refractivity contribution in [3.63, 3.8) is 0 Å². The fraction of sp³-hybridized carbons (Fsp3) is 0.429. The van der Waals surface area contributed by atoms with Gasteiger partial charge in [-0.2, -0.15) is 0 Å². The Morgan fingerprint density at radius 3 is 2.69 bits per heavy atom. The van der Waals surface area contributed by atoms with Crippen LogP contribution in [0, 0.1) is 0 Å². The number of hydrogen-bond donors (Lipinski definition) is 0. The van der Waals surface area contributed by atoms with E-state index in [0.717, 1.165) is 55.9 Å². The summed E-state index contributed by atoms with van der Waals surface area (Å²) in [5.41, 5.74) is 1.82. The Morgan fingerprint density at radius 1 is 1.19 bits per heavy atom. The van der Waals surface area contributed by atoms with Crippen LogP contribution in [-0.4, -0.2) is 54.0 Å². The molecule has 1 aromatic carbocycles. The Balaban J connectivity index is 1.57. The smallest absolute Gasteiger partial charge is 0.253 e. The molecule has 0 aliphatic carbocycles. The van der Waals surface area contributed by atoms with Crippen LogP contribution in [0.3, 0.4) is 0 Å². The number of methoxy groups -OCH3 is 1. The molecule has 1 atom stereocenters. The highest BCUT2D eigenvalue weighted by molar-refractivity contribution is 5.94. The van der Waals surface area contributed by atoms with Gasteiger partial charge in [0.15, 0.2) is 0 Å². The summed E-state index contributed by atoms with van der Waals surface area (Å²) in [5.74, 6) is 0.884. The molecule has 3 rings (SSSR count). The number of benzene rings is 1. The summed E-state index contributed by atoms with van der Waals surface area (Å²) in [7, 11) is 3.79. The Bertz CT molecular complexity index is 703. The van der Waals surface area contributed by atoms with Crippen LogP contribution in [-0.2, 0) is 6.54 Å². The molecule has 0 bridgehead atoms. The van der Waals surface area contributed by atoms with Crippen molar-refractivity contribution in [1.82, 2.24) is 14.8 Å². The maximum atomic E-state index is 12.8. The molecule has 0 spiro atoms. The second-order valence-electron chi connectivity index (χ2n) is 6.84. The lowest BCUT2D eigenvalue weighted by Crippen LogP contribution is -2.35. The van der Waals surface area contributed by atoms with E-state index >= 15 is 0 Å². The molecule has 5 heteroatoms. The van der Waals surface area contributed by atoms with Crippen molar-refractivity contribution in [2.45, 2.75) is 31.8 Å². The Labute approximate surface area is 155 Å². The van der Waals surface area contributed by atoms with Crippen molar-refractivity contribution in [3.05, 3.63) is 59.9 Å². The number of amides is 1. The molecule has 5 nitrogen and oxygen atoms in total. The van der Waals surface area contributed by atoms with E-state index in [4.69, 9.17) is 4.74 Å². The molecule has 1 aliphatic heterocycles. The number of carbonyl (C=O) groups excluding carboxylic acids is 1. The molecule has 138 valence electrons. The summed E-state index contributed by atoms with van der Waals surface area (Å²) in [6, 6.07) is 13.9. The lowest BCUT2D eigenvalue weighted by molar-refractivity contribution is 0.0757. The second kappa shape index (κ2) is 8.81. The highest BCUT2D eigenvalue weighted by atomic mass is 16.5. The fourth-order valence-corrected chi connectivity index (χ4v) is 3.52. The molecule has 26 heavy (non-hydrogen) atoms. The van der Waals surface area contributed by atoms with Crippen molar-refractivity contribution in [3.8, 4) is 5.75 Å². The van der Waals surface area contributed by atoms with E-state index in [-0.39, 0.29) is 5.91 Å². The summed E-state index contributed by atoms with van der Waals surface area (Å²) < 4.78 is 5.17. The number of likely N-dealkylation sites (tertiary alicyclic amines) is 1. The molecular weight excluding hydrogens is 326 g/mol. The molecule has 1 aliphatic rings. The number of hydrogen-bond acceptors (Lipinski definition) is 4. The normalized spacial score (nSPS) is 17.8. The topological polar surface area (TPSA) is 45.7 Å². The van der Waals surface area contributed by atoms with Gasteiger partial charge >= 0.3 is 0 Å². The molecule has 0 N–H and O–H groups in total. The minimum absolute atomic E-state index is 0.112. The number of carbonyl (C=O) groups is 1. The fourth-order valence-electron chi connectivity index (χ4n) is 3.52. The molecule has 0 radical (unpaired) electrons. The lowest BCUT2D eigenvalue weighted by Gasteiger charge is -2.27. The Morgan fingerprint density at radius 2 is 2.00 bits per heavy atom. The highest BCUT2D eigenvalue weighted by Gasteiger charge is 2.24. The first kappa shape index (κ1) is 18.4. The average molecular weight is 353 g/mol. The van der Waals surface area contributed by atoms with Gasteiger partial charge < -0.3 is 9.64 Å². The molecule has 2 heterocycles. The second-order valence-corrected chi connectivity index (χ2v) is 6.84. The molecule has 1 aromatic heterocycles. The quantitative estimate of drug-likeness (QED) is 0.828. The van der Waals surface area contributed by atoms with E-state index in [9.17, 15) is 4.79 Å². The summed E-state index contributed by atoms with van der Waals surface area (Å²) in [4.78, 5) is 21.5. The standard InChI is InChI=1S/C21H27N3O2/c1-23(16-18-6-3-4-13-22-18)19-7-5-14-24(15-12-19)21(25)17-8-10-20(26-2)11-9-17/h3-4,6,8-11,13,19H,5,7,12,14-16H2,1-2H3/t19-/m1/s1. The van der Waals surface area contributed by atoms with Crippen molar-refractivity contribution in [1.29, 1.82) is 0 Å². The van der Waals surface area contributed by atoms with Gasteiger partial charge in [-0.15, -0.1) is 0 Å². The van der Waals surface area contributed by atoms with Crippen LogP contribution >= 0.6 is 0 Å². The van der Waals surface area contributed by atoms with Crippen LogP contribution in [0.25, 0.3) is 0 Å². The lowest BCUT2D eigenvalue weighted by atomic mass is 10.1. The van der Waals surface area contributed by atoms with Gasteiger partial charge in [0.25, 0.3) is 5.91 Å². The number of pyridine rings is 1. The third kappa shape index (κ3) is 4.61. The van der Waals surface area contributed by atoms with E-state index in [1.807, 2.05) is 47.5 Å². The van der Waals surface area contributed by atoms with E-state index < -0.39 is 0 Å². The van der Waals surface area contributed by atoms with Gasteiger partial charge in [-0.3, -0.25) is 14.7 Å². The number of nitrogens with zero attached hydrogens (tertiary/aromatic N) is 3. The zero-order chi connectivity index (χ0) is 18.4. The van der Waals surface area contributed by atoms with Crippen LogP contribution < -0.4 is 4.74 Å². The number of ether oxygens (including phenoxy) is 1. The highest BCUT2D eigenvalue weighted by Crippen LogP contribution is 2.20. The predicted molar refractivity (Wildman–Crippen MR) is 102 cm³/mol. The monoisotopic (exact) mass is 353 g/mol. The largest absolute Gasteiger partial charge is 0.497 e. The first-order valence-electron chi connectivity index (χ1n) is 9.21. The van der Waals surface area contributed by atoms with Crippen LogP contribution in [0.2, 0.25) is 0 Å². The van der Waals surface area contributed by atoms with Gasteiger partial charge in [-0.05, 0) is 62.7 Å². The number of aromatic nitrogens is 1. The van der Waals surface area contributed by atoms with Crippen molar-refractivity contribution >= 4 is 5.91 Å². The van der Waals surface area contributed by atoms with Gasteiger partial charge in [-0.25, -0.2) is 0 Å². The number of rotatable bonds is 5. The summed E-state index contributed by atoms with van der Waals surface area (Å²) in [5, 5.41) is 0. The van der Waals surface area contributed by atoms with Gasteiger partial charge in [0, 0.05) is 37.4 Å². The average Bonchev–Trinajstić information content (AvgIpc) is 2.94. The minimum Gasteiger partial charge on any atom is -0.497 e. The SMILES string of the molecule is COc1ccc(C(=O)N2CCC[C@@H](N(C)Cc3ccccn3)CC2)cc1. The Kier molecular flexibility index (Phi) is 6.23. The van der Waals surface area contributed by atoms with Gasteiger partial charge in [0.2, 0.25) is 0 Å². The third-order valence-corrected chi connectivity index (χ3v) is 5.08. The van der Waals surface area contributed by atoms with Gasteiger partial charge in [-0.1, -0.05) is 6.07 Å². The summed E-state index contributed by atoms with van der Waals surface area (Å²) in [6.45, 7) is 2.46. The predicted octanol–water partition coefficient (Wildman–Crippen LogP) is 3.22. The maximum absolute atomic E-state index is 12.8. The summed E-state index contributed by atoms with van der Waals surface area (Å²) >= 11 is 0. The summed E-state index contributed by atoms with van der Waals surface area (Å²) in [6.07, 6.45) is 4.96. The minimum atomic E-state index is 0.112. The molecule has 0 saturated carbocycles. The van der Waals surface area contributed by atoms with Gasteiger partial charge in [0.1, 0.15) is 5.75 Å². The third-order valence-electron chi connectivity index (χ3n) is 5.08. The molecule has 0 unspecified atom stereocenters. The van der Waals surface area contributed by atoms with Crippen LogP contribution in [0.1, 0.15) is 35.3 Å². The van der Waals surface area contributed by atoms with E-state index in [0.29, 0.717) is 6.04 Å². The first-order valence-corrected chi connectivity index (χ1v) is 9.21. The van der Waals surface area contributed by atoms with Crippen molar-refractivity contribution < 1.29 is 9.53 Å². The van der Waals surface area contributed by atoms with Crippen LogP contribution in [0.5, 0.6) is 5.75 Å². The molecule has 2 aromatic rings. The molecule has 1 saturated heterocycles. The van der Waals surface area contributed by atoms with E-state index in [1.165, 1.54) is 0 Å². The molecular formula is C21H27N3O2. The zero-order valence-electron chi connectivity index (χ0n) is 15.6. The van der Waals surface area contributed by atoms with Crippen LogP contribution in [0.15, 0.2) is 48.7 Å². The maximum Gasteiger partial charge on any atom is 0.253 e.